The first-order chi connectivity index (χ1) is 15.9. The number of carboxylic acid groups (broad SMARTS) is 1. The van der Waals surface area contributed by atoms with Crippen molar-refractivity contribution in [3.05, 3.63) is 7.68 Å². The quantitative estimate of drug-likeness (QED) is 0.109. The van der Waals surface area contributed by atoms with Gasteiger partial charge in [0.05, 0.1) is 0 Å². The Morgan fingerprint density at radius 1 is 0.576 bits per heavy atom. The summed E-state index contributed by atoms with van der Waals surface area (Å²) in [5.41, 5.74) is 0. The molecule has 0 fully saturated rings. The number of hydrogen-bond donors (Lipinski definition) is 1. The predicted molar refractivity (Wildman–Crippen MR) is 155 cm³/mol. The zero-order valence-corrected chi connectivity index (χ0v) is 29.3. The van der Waals surface area contributed by atoms with Crippen molar-refractivity contribution < 1.29 is 9.90 Å². The molecule has 0 amide bonds. The molecule has 0 aromatic heterocycles. The van der Waals surface area contributed by atoms with E-state index in [1.54, 1.807) is 26.6 Å². The van der Waals surface area contributed by atoms with Gasteiger partial charge in [-0.15, -0.1) is 0 Å². The number of carbonyl (C=O) groups is 1. The Bertz CT molecular complexity index is 438. The second-order valence-electron chi connectivity index (χ2n) is 10.7. The van der Waals surface area contributed by atoms with Gasteiger partial charge in [-0.3, -0.25) is 0 Å². The van der Waals surface area contributed by atoms with Crippen molar-refractivity contribution >= 4 is 42.7 Å². The van der Waals surface area contributed by atoms with Gasteiger partial charge >= 0.3 is 218 Å². The van der Waals surface area contributed by atoms with Crippen LogP contribution in [-0.4, -0.2) is 47.8 Å². The van der Waals surface area contributed by atoms with Crippen LogP contribution in [0.5, 0.6) is 0 Å². The molecule has 0 bridgehead atoms. The second kappa shape index (κ2) is 20.9. The fourth-order valence-electron chi connectivity index (χ4n) is 5.98. The average Bonchev–Trinajstić information content (AvgIpc) is 2.82. The first kappa shape index (κ1) is 33.8. The fourth-order valence-corrected chi connectivity index (χ4v) is 74.9. The van der Waals surface area contributed by atoms with Crippen LogP contribution in [0.25, 0.3) is 0 Å². The molecule has 0 saturated heterocycles. The molecule has 0 radical (unpaired) electrons. The van der Waals surface area contributed by atoms with Crippen LogP contribution in [0.4, 0.5) is 0 Å². The molecule has 0 aliphatic rings. The van der Waals surface area contributed by atoms with Gasteiger partial charge in [-0.1, -0.05) is 0 Å². The van der Waals surface area contributed by atoms with Crippen LogP contribution in [0.2, 0.25) is 26.6 Å². The Labute approximate surface area is 216 Å². The molecule has 0 aromatic carbocycles. The number of allylic oxidation sites excluding steroid dienone is 1. The Morgan fingerprint density at radius 2 is 0.848 bits per heavy atom. The molecule has 0 aliphatic carbocycles. The van der Waals surface area contributed by atoms with Crippen LogP contribution in [0.3, 0.4) is 0 Å². The summed E-state index contributed by atoms with van der Waals surface area (Å²) < 4.78 is 11.4. The van der Waals surface area contributed by atoms with Crippen LogP contribution in [0.1, 0.15) is 131 Å². The molecule has 2 nitrogen and oxygen atoms in total. The summed E-state index contributed by atoms with van der Waals surface area (Å²) in [4.78, 5) is 11.5. The van der Waals surface area contributed by atoms with E-state index in [4.69, 9.17) is 0 Å². The molecule has 0 saturated carbocycles. The van der Waals surface area contributed by atoms with E-state index in [1.807, 2.05) is 0 Å². The molecule has 0 aromatic rings. The Balaban J connectivity index is 6.80. The van der Waals surface area contributed by atoms with Gasteiger partial charge < -0.3 is 0 Å². The Hall–Kier alpha value is 0.807. The number of unbranched alkanes of at least 4 members (excludes halogenated alkanes) is 6. The third kappa shape index (κ3) is 13.1. The fraction of sp³-hybridized carbons (Fsp3) is 0.897. The first-order valence-electron chi connectivity index (χ1n) is 14.8. The zero-order valence-electron chi connectivity index (χ0n) is 23.6. The van der Waals surface area contributed by atoms with Crippen molar-refractivity contribution in [2.45, 2.75) is 158 Å². The molecular weight excluding hydrogens is 618 g/mol. The van der Waals surface area contributed by atoms with Crippen molar-refractivity contribution in [3.63, 3.8) is 0 Å². The number of rotatable bonds is 23. The summed E-state index contributed by atoms with van der Waals surface area (Å²) >= 11 is -5.15. The van der Waals surface area contributed by atoms with Gasteiger partial charge in [0.25, 0.3) is 0 Å². The summed E-state index contributed by atoms with van der Waals surface area (Å²) in [5.74, 6) is -0.612. The molecule has 0 atom stereocenters. The Morgan fingerprint density at radius 3 is 1.06 bits per heavy atom. The minimum atomic E-state index is -2.58. The predicted octanol–water partition coefficient (Wildman–Crippen LogP) is 10.6. The number of hydrogen-bond acceptors (Lipinski definition) is 1. The molecule has 0 aliphatic heterocycles. The van der Waals surface area contributed by atoms with E-state index in [1.165, 1.54) is 77.0 Å². The van der Waals surface area contributed by atoms with Crippen molar-refractivity contribution in [3.8, 4) is 0 Å². The van der Waals surface area contributed by atoms with E-state index in [0.29, 0.717) is 6.42 Å². The maximum absolute atomic E-state index is 11.5. The molecule has 0 unspecified atom stereocenters. The van der Waals surface area contributed by atoms with Crippen molar-refractivity contribution in [2.75, 3.05) is 0 Å². The molecule has 196 valence electrons. The maximum atomic E-state index is 11.5. The van der Waals surface area contributed by atoms with Crippen LogP contribution >= 0.6 is 0 Å². The molecule has 0 heterocycles. The third-order valence-electron chi connectivity index (χ3n) is 7.90. The summed E-state index contributed by atoms with van der Waals surface area (Å²) in [6.07, 6.45) is 20.2. The minimum absolute atomic E-state index is 0.331. The van der Waals surface area contributed by atoms with Gasteiger partial charge in [0, 0.05) is 0 Å². The van der Waals surface area contributed by atoms with Gasteiger partial charge in [0.1, 0.15) is 0 Å². The monoisotopic (exact) mass is 680 g/mol. The Kier molecular flexibility index (Phi) is 21.5. The van der Waals surface area contributed by atoms with Gasteiger partial charge in [0.2, 0.25) is 0 Å². The summed E-state index contributed by atoms with van der Waals surface area (Å²) in [5, 5.41) is 9.49. The zero-order chi connectivity index (χ0) is 25.0. The van der Waals surface area contributed by atoms with Gasteiger partial charge in [0.15, 0.2) is 0 Å². The molecule has 0 rings (SSSR count). The van der Waals surface area contributed by atoms with Crippen molar-refractivity contribution in [2.24, 2.45) is 0 Å². The number of aliphatic carboxylic acids is 1. The van der Waals surface area contributed by atoms with E-state index in [-0.39, 0.29) is 0 Å². The van der Waals surface area contributed by atoms with Gasteiger partial charge in [-0.05, 0) is 0 Å². The summed E-state index contributed by atoms with van der Waals surface area (Å²) in [6, 6.07) is 0. The molecule has 33 heavy (non-hydrogen) atoms. The van der Waals surface area contributed by atoms with Crippen LogP contribution in [-0.2, 0) is 4.79 Å². The average molecular weight is 678 g/mol. The summed E-state index contributed by atoms with van der Waals surface area (Å²) in [6.45, 7) is 14.3. The van der Waals surface area contributed by atoms with Crippen LogP contribution in [0, 0.1) is 0 Å². The van der Waals surface area contributed by atoms with Crippen LogP contribution in [0.15, 0.2) is 7.68 Å². The van der Waals surface area contributed by atoms with E-state index < -0.39 is 42.7 Å². The van der Waals surface area contributed by atoms with Crippen molar-refractivity contribution in [1.82, 2.24) is 0 Å². The normalized spacial score (nSPS) is 12.2. The molecule has 1 N–H and O–H groups in total. The van der Waals surface area contributed by atoms with E-state index in [9.17, 15) is 9.90 Å². The molecule has 0 spiro atoms. The number of carboxylic acids is 1. The van der Waals surface area contributed by atoms with E-state index in [0.717, 1.165) is 6.42 Å². The third-order valence-corrected chi connectivity index (χ3v) is 58.3. The molecule has 4 heteroatoms. The SMILES string of the molecule is CCC[CH2][Sn]([CH2]CCC)([CH2]CCC)[C](=CCCC(=O)O)[Sn]([CH2]CCC)([CH2]CCC)[CH2]CCC. The van der Waals surface area contributed by atoms with Crippen molar-refractivity contribution in [1.29, 1.82) is 0 Å². The first-order valence-corrected chi connectivity index (χ1v) is 29.8. The van der Waals surface area contributed by atoms with Crippen LogP contribution < -0.4 is 0 Å². The standard InChI is InChI=1S/C5H6O2.6C4H9.2Sn/c1-2-3-4-5(6)7;6*1-3-4-2;;/h2H,3-4H2,(H,6,7);6*1,3-4H2,2H3;;. The van der Waals surface area contributed by atoms with E-state index in [2.05, 4.69) is 49.2 Å². The summed E-state index contributed by atoms with van der Waals surface area (Å²) in [7, 11) is 0. The second-order valence-corrected chi connectivity index (χ2v) is 41.1. The van der Waals surface area contributed by atoms with E-state index >= 15 is 0 Å². The van der Waals surface area contributed by atoms with Gasteiger partial charge in [-0.2, -0.15) is 0 Å². The molecular formula is C29H60O2Sn2. The topological polar surface area (TPSA) is 37.3 Å². The van der Waals surface area contributed by atoms with Gasteiger partial charge in [-0.25, -0.2) is 0 Å².